The van der Waals surface area contributed by atoms with Crippen LogP contribution in [0, 0.1) is 5.92 Å². The summed E-state index contributed by atoms with van der Waals surface area (Å²) in [5, 5.41) is 5.71. The predicted octanol–water partition coefficient (Wildman–Crippen LogP) is 2.66. The topological polar surface area (TPSA) is 98.5 Å². The summed E-state index contributed by atoms with van der Waals surface area (Å²) >= 11 is 12.5. The lowest BCUT2D eigenvalue weighted by Crippen LogP contribution is -2.32. The molecule has 0 aliphatic carbocycles. The van der Waals surface area contributed by atoms with Crippen LogP contribution in [0.15, 0.2) is 14.6 Å². The number of carbonyl (C=O) groups is 1. The number of halogens is 2. The molecule has 1 aromatic heterocycles. The fourth-order valence-corrected chi connectivity index (χ4v) is 4.72. The van der Waals surface area contributed by atoms with Crippen molar-refractivity contribution in [1.82, 2.24) is 0 Å². The standard InChI is InChI=1S/C10H15Cl2N3O2S2/c1-5(2)3-7(13)9(16)15-19(14,17)10-6(11)4-8(12)18-10/h4-5,7H,3,13H2,1-2H3,(H2,14,15,16,17)/t7-,19?/m0/s1. The number of rotatable bonds is 4. The van der Waals surface area contributed by atoms with Gasteiger partial charge in [0, 0.05) is 0 Å². The molecule has 2 atom stereocenters. The summed E-state index contributed by atoms with van der Waals surface area (Å²) in [6.45, 7) is 3.84. The average Bonchev–Trinajstić information content (AvgIpc) is 2.56. The van der Waals surface area contributed by atoms with E-state index in [1.54, 1.807) is 0 Å². The van der Waals surface area contributed by atoms with Crippen LogP contribution in [-0.2, 0) is 14.7 Å². The summed E-state index contributed by atoms with van der Waals surface area (Å²) in [5.41, 5.74) is 5.67. The molecule has 1 rings (SSSR count). The predicted molar refractivity (Wildman–Crippen MR) is 79.8 cm³/mol. The zero-order valence-corrected chi connectivity index (χ0v) is 13.6. The van der Waals surface area contributed by atoms with E-state index in [-0.39, 0.29) is 15.1 Å². The molecule has 1 aromatic rings. The van der Waals surface area contributed by atoms with E-state index in [1.807, 2.05) is 13.8 Å². The van der Waals surface area contributed by atoms with Gasteiger partial charge >= 0.3 is 0 Å². The van der Waals surface area contributed by atoms with Gasteiger partial charge in [-0.05, 0) is 18.4 Å². The van der Waals surface area contributed by atoms with Crippen molar-refractivity contribution in [3.8, 4) is 0 Å². The minimum absolute atomic E-state index is 0.0873. The lowest BCUT2D eigenvalue weighted by atomic mass is 10.0. The van der Waals surface area contributed by atoms with Crippen molar-refractivity contribution >= 4 is 50.4 Å². The third-order valence-corrected chi connectivity index (χ3v) is 5.91. The van der Waals surface area contributed by atoms with Crippen LogP contribution < -0.4 is 10.9 Å². The number of hydrogen-bond donors (Lipinski definition) is 2. The first-order chi connectivity index (χ1) is 8.63. The van der Waals surface area contributed by atoms with Crippen molar-refractivity contribution in [1.29, 1.82) is 0 Å². The molecule has 1 amide bonds. The summed E-state index contributed by atoms with van der Waals surface area (Å²) in [6, 6.07) is 0.586. The molecule has 0 aliphatic rings. The molecule has 0 saturated carbocycles. The Morgan fingerprint density at radius 3 is 2.53 bits per heavy atom. The molecule has 0 saturated heterocycles. The molecular weight excluding hydrogens is 329 g/mol. The molecular formula is C10H15Cl2N3O2S2. The molecule has 0 spiro atoms. The fraction of sp³-hybridized carbons (Fsp3) is 0.500. The van der Waals surface area contributed by atoms with Gasteiger partial charge in [-0.3, -0.25) is 4.79 Å². The zero-order valence-electron chi connectivity index (χ0n) is 10.4. The Labute approximate surface area is 126 Å². The quantitative estimate of drug-likeness (QED) is 0.878. The smallest absolute Gasteiger partial charge is 0.271 e. The van der Waals surface area contributed by atoms with Gasteiger partial charge in [-0.2, -0.15) is 0 Å². The molecule has 4 N–H and O–H groups in total. The summed E-state index contributed by atoms with van der Waals surface area (Å²) in [4.78, 5) is 11.8. The SMILES string of the molecule is CC(C)C[C@H](N)C(=O)N=S(N)(=O)c1sc(Cl)cc1Cl. The summed E-state index contributed by atoms with van der Waals surface area (Å²) in [5.74, 6) is -0.468. The minimum Gasteiger partial charge on any atom is -0.320 e. The normalized spacial score (nSPS) is 16.2. The van der Waals surface area contributed by atoms with Crippen LogP contribution in [0.2, 0.25) is 9.36 Å². The van der Waals surface area contributed by atoms with E-state index in [9.17, 15) is 9.00 Å². The maximum Gasteiger partial charge on any atom is 0.271 e. The summed E-state index contributed by atoms with van der Waals surface area (Å²) < 4.78 is 16.2. The van der Waals surface area contributed by atoms with Gasteiger partial charge < -0.3 is 5.73 Å². The van der Waals surface area contributed by atoms with E-state index < -0.39 is 21.9 Å². The highest BCUT2D eigenvalue weighted by Crippen LogP contribution is 2.34. The van der Waals surface area contributed by atoms with Crippen LogP contribution in [0.25, 0.3) is 0 Å². The number of carbonyl (C=O) groups excluding carboxylic acids is 1. The lowest BCUT2D eigenvalue weighted by Gasteiger charge is -2.10. The van der Waals surface area contributed by atoms with Crippen LogP contribution in [0.3, 0.4) is 0 Å². The minimum atomic E-state index is -3.40. The van der Waals surface area contributed by atoms with Crippen molar-refractivity contribution in [2.45, 2.75) is 30.5 Å². The summed E-state index contributed by atoms with van der Waals surface area (Å²) in [7, 11) is -3.40. The Kier molecular flexibility index (Phi) is 5.78. The van der Waals surface area contributed by atoms with Gasteiger partial charge in [0.2, 0.25) is 0 Å². The van der Waals surface area contributed by atoms with Gasteiger partial charge in [0.1, 0.15) is 4.21 Å². The van der Waals surface area contributed by atoms with Crippen molar-refractivity contribution in [2.24, 2.45) is 21.2 Å². The van der Waals surface area contributed by atoms with Crippen molar-refractivity contribution < 1.29 is 9.00 Å². The molecule has 19 heavy (non-hydrogen) atoms. The zero-order chi connectivity index (χ0) is 14.8. The second kappa shape index (κ2) is 6.51. The highest BCUT2D eigenvalue weighted by Gasteiger charge is 2.21. The van der Waals surface area contributed by atoms with Crippen molar-refractivity contribution in [3.05, 3.63) is 15.4 Å². The second-order valence-corrected chi connectivity index (χ2v) is 8.50. The largest absolute Gasteiger partial charge is 0.320 e. The molecule has 1 heterocycles. The van der Waals surface area contributed by atoms with E-state index in [4.69, 9.17) is 34.1 Å². The number of nitrogens with two attached hydrogens (primary N) is 2. The van der Waals surface area contributed by atoms with Crippen LogP contribution in [0.5, 0.6) is 0 Å². The number of thiophene rings is 1. The molecule has 0 aromatic carbocycles. The number of amides is 1. The molecule has 9 heteroatoms. The van der Waals surface area contributed by atoms with Crippen LogP contribution in [0.4, 0.5) is 0 Å². The van der Waals surface area contributed by atoms with Gasteiger partial charge in [-0.1, -0.05) is 37.0 Å². The van der Waals surface area contributed by atoms with Gasteiger partial charge in [-0.15, -0.1) is 15.7 Å². The molecule has 108 valence electrons. The van der Waals surface area contributed by atoms with E-state index >= 15 is 0 Å². The molecule has 1 unspecified atom stereocenters. The fourth-order valence-electron chi connectivity index (χ4n) is 1.38. The molecule has 5 nitrogen and oxygen atoms in total. The third-order valence-electron chi connectivity index (χ3n) is 2.16. The first kappa shape index (κ1) is 16.9. The van der Waals surface area contributed by atoms with Gasteiger partial charge in [0.05, 0.1) is 15.4 Å². The van der Waals surface area contributed by atoms with Gasteiger partial charge in [0.25, 0.3) is 5.91 Å². The Morgan fingerprint density at radius 1 is 1.53 bits per heavy atom. The Bertz CT molecular complexity index is 592. The molecule has 0 aliphatic heterocycles. The van der Waals surface area contributed by atoms with E-state index in [0.717, 1.165) is 11.3 Å². The monoisotopic (exact) mass is 343 g/mol. The van der Waals surface area contributed by atoms with Gasteiger partial charge in [-0.25, -0.2) is 9.35 Å². The van der Waals surface area contributed by atoms with Crippen molar-refractivity contribution in [3.63, 3.8) is 0 Å². The highest BCUT2D eigenvalue weighted by molar-refractivity contribution is 7.94. The Morgan fingerprint density at radius 2 is 2.11 bits per heavy atom. The first-order valence-corrected chi connectivity index (χ1v) is 8.57. The molecule has 0 fully saturated rings. The van der Waals surface area contributed by atoms with Crippen LogP contribution in [-0.4, -0.2) is 16.2 Å². The van der Waals surface area contributed by atoms with E-state index in [1.165, 1.54) is 6.07 Å². The average molecular weight is 344 g/mol. The highest BCUT2D eigenvalue weighted by atomic mass is 35.5. The van der Waals surface area contributed by atoms with Gasteiger partial charge in [0.15, 0.2) is 9.92 Å². The maximum atomic E-state index is 12.2. The molecule has 0 bridgehead atoms. The Hall–Kier alpha value is -0.180. The third kappa shape index (κ3) is 4.70. The first-order valence-electron chi connectivity index (χ1n) is 5.42. The molecule has 0 radical (unpaired) electrons. The van der Waals surface area contributed by atoms with E-state index in [0.29, 0.717) is 10.8 Å². The number of nitrogens with zero attached hydrogens (tertiary/aromatic N) is 1. The van der Waals surface area contributed by atoms with Crippen LogP contribution >= 0.6 is 34.5 Å². The lowest BCUT2D eigenvalue weighted by molar-refractivity contribution is -0.119. The Balaban J connectivity index is 3.06. The second-order valence-electron chi connectivity index (χ2n) is 4.42. The van der Waals surface area contributed by atoms with Crippen molar-refractivity contribution in [2.75, 3.05) is 0 Å². The van der Waals surface area contributed by atoms with E-state index in [2.05, 4.69) is 4.36 Å². The van der Waals surface area contributed by atoms with Crippen LogP contribution in [0.1, 0.15) is 20.3 Å². The maximum absolute atomic E-state index is 12.2. The summed E-state index contributed by atoms with van der Waals surface area (Å²) in [6.07, 6.45) is 0.441. The number of hydrogen-bond acceptors (Lipinski definition) is 4.